The highest BCUT2D eigenvalue weighted by Gasteiger charge is 2.10. The zero-order chi connectivity index (χ0) is 11.1. The molecule has 0 spiro atoms. The molecule has 3 aromatic heterocycles. The van der Waals surface area contributed by atoms with Gasteiger partial charge in [0.1, 0.15) is 5.82 Å². The number of aromatic nitrogens is 4. The van der Waals surface area contributed by atoms with Crippen LogP contribution in [-0.4, -0.2) is 19.9 Å². The van der Waals surface area contributed by atoms with Gasteiger partial charge in [0.15, 0.2) is 11.2 Å². The van der Waals surface area contributed by atoms with Crippen LogP contribution in [0.5, 0.6) is 0 Å². The molecule has 4 N–H and O–H groups in total. The number of rotatable bonds is 1. The second kappa shape index (κ2) is 3.17. The molecular formula is C9H7N5OS. The van der Waals surface area contributed by atoms with Crippen molar-refractivity contribution >= 4 is 28.4 Å². The maximum Gasteiger partial charge on any atom is 0.280 e. The molecule has 0 aliphatic carbocycles. The van der Waals surface area contributed by atoms with Crippen molar-refractivity contribution in [3.05, 3.63) is 27.9 Å². The fourth-order valence-electron chi connectivity index (χ4n) is 1.46. The SMILES string of the molecule is Nc1nc2[nH]c(-c3cccs3)nc2c(=O)[nH]1. The van der Waals surface area contributed by atoms with E-state index in [1.54, 1.807) is 0 Å². The van der Waals surface area contributed by atoms with Crippen molar-refractivity contribution in [1.29, 1.82) is 0 Å². The van der Waals surface area contributed by atoms with Gasteiger partial charge < -0.3 is 10.7 Å². The van der Waals surface area contributed by atoms with Crippen LogP contribution in [0.15, 0.2) is 22.3 Å². The molecule has 7 heteroatoms. The highest BCUT2D eigenvalue weighted by atomic mass is 32.1. The molecule has 0 unspecified atom stereocenters. The molecule has 0 amide bonds. The third-order valence-electron chi connectivity index (χ3n) is 2.13. The van der Waals surface area contributed by atoms with Gasteiger partial charge in [0.05, 0.1) is 4.88 Å². The van der Waals surface area contributed by atoms with Crippen molar-refractivity contribution < 1.29 is 0 Å². The van der Waals surface area contributed by atoms with E-state index in [0.717, 1.165) is 4.88 Å². The number of imidazole rings is 1. The normalized spacial score (nSPS) is 11.0. The number of aromatic amines is 2. The van der Waals surface area contributed by atoms with Gasteiger partial charge in [0.2, 0.25) is 5.95 Å². The van der Waals surface area contributed by atoms with Crippen LogP contribution in [0.3, 0.4) is 0 Å². The standard InChI is InChI=1S/C9H7N5OS/c10-9-13-7-5(8(15)14-9)11-6(12-7)4-2-1-3-16-4/h1-3H,(H4,10,11,12,13,14,15). The molecule has 0 fully saturated rings. The quantitative estimate of drug-likeness (QED) is 0.582. The van der Waals surface area contributed by atoms with Gasteiger partial charge in [-0.1, -0.05) is 6.07 Å². The van der Waals surface area contributed by atoms with Crippen molar-refractivity contribution in [2.45, 2.75) is 0 Å². The molecule has 80 valence electrons. The summed E-state index contributed by atoms with van der Waals surface area (Å²) in [6.45, 7) is 0. The topological polar surface area (TPSA) is 100 Å². The van der Waals surface area contributed by atoms with Gasteiger partial charge in [0.25, 0.3) is 5.56 Å². The van der Waals surface area contributed by atoms with Gasteiger partial charge in [-0.3, -0.25) is 9.78 Å². The Morgan fingerprint density at radius 2 is 2.19 bits per heavy atom. The van der Waals surface area contributed by atoms with Gasteiger partial charge in [-0.2, -0.15) is 4.98 Å². The number of nitrogens with two attached hydrogens (primary N) is 1. The maximum absolute atomic E-state index is 11.5. The van der Waals surface area contributed by atoms with Gasteiger partial charge in [-0.05, 0) is 11.4 Å². The molecule has 6 nitrogen and oxygen atoms in total. The lowest BCUT2D eigenvalue weighted by atomic mass is 10.4. The predicted molar refractivity (Wildman–Crippen MR) is 62.2 cm³/mol. The third kappa shape index (κ3) is 1.29. The molecule has 0 aliphatic rings. The number of nitrogens with one attached hydrogen (secondary N) is 2. The van der Waals surface area contributed by atoms with Crippen LogP contribution in [0.4, 0.5) is 5.95 Å². The molecule has 0 saturated heterocycles. The number of thiophene rings is 1. The molecule has 3 aromatic rings. The lowest BCUT2D eigenvalue weighted by Crippen LogP contribution is -2.10. The maximum atomic E-state index is 11.5. The number of hydrogen-bond acceptors (Lipinski definition) is 5. The van der Waals surface area contributed by atoms with E-state index in [1.807, 2.05) is 17.5 Å². The molecule has 0 atom stereocenters. The minimum absolute atomic E-state index is 0.0823. The average molecular weight is 233 g/mol. The van der Waals surface area contributed by atoms with E-state index in [-0.39, 0.29) is 17.0 Å². The summed E-state index contributed by atoms with van der Waals surface area (Å²) in [5.74, 6) is 0.715. The Hall–Kier alpha value is -2.15. The van der Waals surface area contributed by atoms with Gasteiger partial charge in [-0.25, -0.2) is 4.98 Å². The van der Waals surface area contributed by atoms with Crippen molar-refractivity contribution in [2.75, 3.05) is 5.73 Å². The smallest absolute Gasteiger partial charge is 0.280 e. The first-order valence-corrected chi connectivity index (χ1v) is 5.41. The van der Waals surface area contributed by atoms with Crippen molar-refractivity contribution in [1.82, 2.24) is 19.9 Å². The highest BCUT2D eigenvalue weighted by Crippen LogP contribution is 2.22. The number of hydrogen-bond donors (Lipinski definition) is 3. The van der Waals surface area contributed by atoms with Crippen molar-refractivity contribution in [2.24, 2.45) is 0 Å². The van der Waals surface area contributed by atoms with Crippen LogP contribution in [0.25, 0.3) is 21.9 Å². The Bertz CT molecular complexity index is 696. The summed E-state index contributed by atoms with van der Waals surface area (Å²) in [7, 11) is 0. The number of fused-ring (bicyclic) bond motifs is 1. The number of anilines is 1. The van der Waals surface area contributed by atoms with Crippen LogP contribution >= 0.6 is 11.3 Å². The summed E-state index contributed by atoms with van der Waals surface area (Å²) in [5, 5.41) is 1.94. The molecule has 16 heavy (non-hydrogen) atoms. The third-order valence-corrected chi connectivity index (χ3v) is 3.00. The van der Waals surface area contributed by atoms with Gasteiger partial charge >= 0.3 is 0 Å². The molecule has 0 aliphatic heterocycles. The molecule has 3 heterocycles. The van der Waals surface area contributed by atoms with Crippen LogP contribution in [0, 0.1) is 0 Å². The van der Waals surface area contributed by atoms with Crippen molar-refractivity contribution in [3.63, 3.8) is 0 Å². The van der Waals surface area contributed by atoms with Gasteiger partial charge in [-0.15, -0.1) is 11.3 Å². The lowest BCUT2D eigenvalue weighted by Gasteiger charge is -1.89. The van der Waals surface area contributed by atoms with Crippen LogP contribution in [0.1, 0.15) is 0 Å². The van der Waals surface area contributed by atoms with Crippen molar-refractivity contribution in [3.8, 4) is 10.7 Å². The Morgan fingerprint density at radius 1 is 1.31 bits per heavy atom. The minimum Gasteiger partial charge on any atom is -0.369 e. The highest BCUT2D eigenvalue weighted by molar-refractivity contribution is 7.13. The predicted octanol–water partition coefficient (Wildman–Crippen LogP) is 0.957. The molecule has 0 radical (unpaired) electrons. The number of nitrogen functional groups attached to an aromatic ring is 1. The van der Waals surface area contributed by atoms with E-state index in [1.165, 1.54) is 11.3 Å². The monoisotopic (exact) mass is 233 g/mol. The largest absolute Gasteiger partial charge is 0.369 e. The summed E-state index contributed by atoms with van der Waals surface area (Å²) in [4.78, 5) is 26.0. The van der Waals surface area contributed by atoms with Gasteiger partial charge in [0, 0.05) is 0 Å². The Kier molecular flexibility index (Phi) is 1.80. The summed E-state index contributed by atoms with van der Waals surface area (Å²) >= 11 is 1.54. The van der Waals surface area contributed by atoms with E-state index < -0.39 is 0 Å². The second-order valence-electron chi connectivity index (χ2n) is 3.21. The van der Waals surface area contributed by atoms with E-state index in [2.05, 4.69) is 19.9 Å². The average Bonchev–Trinajstić information content (AvgIpc) is 2.82. The van der Waals surface area contributed by atoms with E-state index in [0.29, 0.717) is 11.5 Å². The summed E-state index contributed by atoms with van der Waals surface area (Å²) in [5.41, 5.74) is 5.79. The molecule has 0 saturated carbocycles. The number of nitrogens with zero attached hydrogens (tertiary/aromatic N) is 2. The Morgan fingerprint density at radius 3 is 2.94 bits per heavy atom. The van der Waals surface area contributed by atoms with E-state index >= 15 is 0 Å². The molecule has 0 bridgehead atoms. The summed E-state index contributed by atoms with van der Waals surface area (Å²) in [6, 6.07) is 3.83. The molecular weight excluding hydrogens is 226 g/mol. The lowest BCUT2D eigenvalue weighted by molar-refractivity contribution is 1.17. The fourth-order valence-corrected chi connectivity index (χ4v) is 2.13. The van der Waals surface area contributed by atoms with Crippen LogP contribution < -0.4 is 11.3 Å². The van der Waals surface area contributed by atoms with Crippen LogP contribution in [0.2, 0.25) is 0 Å². The summed E-state index contributed by atoms with van der Waals surface area (Å²) in [6.07, 6.45) is 0. The molecule has 0 aromatic carbocycles. The molecule has 3 rings (SSSR count). The van der Waals surface area contributed by atoms with E-state index in [9.17, 15) is 4.79 Å². The van der Waals surface area contributed by atoms with E-state index in [4.69, 9.17) is 5.73 Å². The zero-order valence-electron chi connectivity index (χ0n) is 8.02. The fraction of sp³-hybridized carbons (Fsp3) is 0. The van der Waals surface area contributed by atoms with Crippen LogP contribution in [-0.2, 0) is 0 Å². The first-order chi connectivity index (χ1) is 7.74. The zero-order valence-corrected chi connectivity index (χ0v) is 8.84. The first-order valence-electron chi connectivity index (χ1n) is 4.53. The Labute approximate surface area is 93.2 Å². The number of H-pyrrole nitrogens is 2. The Balaban J connectivity index is 2.31. The second-order valence-corrected chi connectivity index (χ2v) is 4.16. The minimum atomic E-state index is -0.332. The first kappa shape index (κ1) is 9.10. The summed E-state index contributed by atoms with van der Waals surface area (Å²) < 4.78 is 0.